The first-order valence-corrected chi connectivity index (χ1v) is 15.9. The van der Waals surface area contributed by atoms with Crippen LogP contribution in [0.5, 0.6) is 11.8 Å². The number of amides is 1. The number of aromatic nitrogens is 2. The van der Waals surface area contributed by atoms with E-state index in [1.807, 2.05) is 0 Å². The van der Waals surface area contributed by atoms with Gasteiger partial charge in [-0.3, -0.25) is 9.69 Å². The van der Waals surface area contributed by atoms with Gasteiger partial charge in [-0.25, -0.2) is 8.78 Å². The summed E-state index contributed by atoms with van der Waals surface area (Å²) in [6.07, 6.45) is 3.81. The maximum atomic E-state index is 14.6. The van der Waals surface area contributed by atoms with E-state index < -0.39 is 17.4 Å². The van der Waals surface area contributed by atoms with E-state index >= 15 is 0 Å². The molecule has 5 aliphatic heterocycles. The molecule has 1 aromatic heterocycles. The van der Waals surface area contributed by atoms with Crippen LogP contribution in [0.1, 0.15) is 43.4 Å². The number of alkyl halides is 1. The molecule has 5 aliphatic rings. The van der Waals surface area contributed by atoms with Crippen LogP contribution in [0.15, 0.2) is 24.3 Å². The van der Waals surface area contributed by atoms with Gasteiger partial charge in [-0.1, -0.05) is 17.7 Å². The molecule has 44 heavy (non-hydrogen) atoms. The Morgan fingerprint density at radius 2 is 2.00 bits per heavy atom. The van der Waals surface area contributed by atoms with Crippen molar-refractivity contribution in [2.45, 2.75) is 56.8 Å². The van der Waals surface area contributed by atoms with Crippen LogP contribution in [0.3, 0.4) is 0 Å². The summed E-state index contributed by atoms with van der Waals surface area (Å²) in [5.41, 5.74) is 1.65. The van der Waals surface area contributed by atoms with Crippen LogP contribution in [0.2, 0.25) is 5.02 Å². The summed E-state index contributed by atoms with van der Waals surface area (Å²) in [7, 11) is 0. The van der Waals surface area contributed by atoms with Gasteiger partial charge in [0.2, 0.25) is 5.91 Å². The number of rotatable bonds is 5. The number of phenols is 1. The number of aromatic hydroxyl groups is 1. The van der Waals surface area contributed by atoms with E-state index in [9.17, 15) is 18.7 Å². The summed E-state index contributed by atoms with van der Waals surface area (Å²) in [5.74, 6) is 0.415. The number of nitrogens with zero attached hydrogens (tertiary/aromatic N) is 5. The molecule has 0 radical (unpaired) electrons. The Morgan fingerprint density at radius 3 is 2.82 bits per heavy atom. The third-order valence-electron chi connectivity index (χ3n) is 10.5. The molecule has 0 aliphatic carbocycles. The summed E-state index contributed by atoms with van der Waals surface area (Å²) in [6.45, 7) is 4.58. The number of anilines is 2. The first-order valence-electron chi connectivity index (χ1n) is 15.5. The Hall–Kier alpha value is -3.44. The fourth-order valence-corrected chi connectivity index (χ4v) is 8.50. The third kappa shape index (κ3) is 4.45. The van der Waals surface area contributed by atoms with Crippen molar-refractivity contribution < 1.29 is 23.4 Å². The molecule has 4 saturated heterocycles. The fraction of sp³-hybridized carbons (Fsp3) is 0.531. The highest BCUT2D eigenvalue weighted by atomic mass is 35.5. The first-order chi connectivity index (χ1) is 21.2. The van der Waals surface area contributed by atoms with Gasteiger partial charge in [-0.2, -0.15) is 9.97 Å². The molecule has 12 heteroatoms. The number of hydrogen-bond acceptors (Lipinski definition) is 8. The van der Waals surface area contributed by atoms with Gasteiger partial charge >= 0.3 is 6.01 Å². The predicted molar refractivity (Wildman–Crippen MR) is 163 cm³/mol. The third-order valence-corrected chi connectivity index (χ3v) is 10.9. The van der Waals surface area contributed by atoms with Gasteiger partial charge < -0.3 is 25.0 Å². The van der Waals surface area contributed by atoms with Crippen LogP contribution in [-0.2, 0) is 17.8 Å². The minimum atomic E-state index is -0.862. The van der Waals surface area contributed by atoms with Crippen molar-refractivity contribution in [1.29, 1.82) is 0 Å². The normalized spacial score (nSPS) is 28.2. The lowest BCUT2D eigenvalue weighted by atomic mass is 9.74. The van der Waals surface area contributed by atoms with E-state index in [4.69, 9.17) is 26.3 Å². The fourth-order valence-electron chi connectivity index (χ4n) is 8.23. The average Bonchev–Trinajstić information content (AvgIpc) is 3.55. The Kier molecular flexibility index (Phi) is 6.57. The molecule has 3 atom stereocenters. The average molecular weight is 625 g/mol. The zero-order valence-electron chi connectivity index (χ0n) is 24.4. The highest BCUT2D eigenvalue weighted by Gasteiger charge is 2.51. The molecule has 8 rings (SSSR count). The standard InChI is InChI=1S/C32H35ClF2N6O3/c33-27-23(35)4-3-19-11-21(42)12-25(26(19)27)39-10-5-22-24(15-39)37-30(44-18-32-7-2-9-41(32)14-20(34)13-32)38-28(22)40-8-1-6-31(17-40)16-36-29(31)43/h3-4,11-12,20,42H,1-2,5-10,13-18H2,(H,36,43). The smallest absolute Gasteiger partial charge is 0.318 e. The van der Waals surface area contributed by atoms with Crippen molar-refractivity contribution >= 4 is 39.8 Å². The zero-order chi connectivity index (χ0) is 30.2. The number of piperidine rings is 1. The van der Waals surface area contributed by atoms with Gasteiger partial charge in [-0.05, 0) is 56.2 Å². The second-order valence-corrected chi connectivity index (χ2v) is 13.6. The number of phenolic OH excluding ortho intramolecular Hbond substituents is 1. The zero-order valence-corrected chi connectivity index (χ0v) is 25.2. The van der Waals surface area contributed by atoms with E-state index in [1.54, 1.807) is 18.2 Å². The maximum absolute atomic E-state index is 14.6. The molecule has 3 unspecified atom stereocenters. The number of nitrogens with one attached hydrogen (secondary N) is 1. The van der Waals surface area contributed by atoms with E-state index in [0.717, 1.165) is 55.8 Å². The van der Waals surface area contributed by atoms with Gasteiger partial charge in [0.05, 0.1) is 33.9 Å². The topological polar surface area (TPSA) is 94.1 Å². The van der Waals surface area contributed by atoms with Crippen LogP contribution in [0.25, 0.3) is 10.8 Å². The lowest BCUT2D eigenvalue weighted by Crippen LogP contribution is -2.65. The number of hydrogen-bond donors (Lipinski definition) is 2. The second kappa shape index (κ2) is 10.3. The van der Waals surface area contributed by atoms with Crippen molar-refractivity contribution in [3.63, 3.8) is 0 Å². The molecule has 2 N–H and O–H groups in total. The summed E-state index contributed by atoms with van der Waals surface area (Å²) in [5, 5.41) is 14.7. The number of β-lactam (4-membered cyclic amide) rings is 1. The van der Waals surface area contributed by atoms with Crippen molar-refractivity contribution in [2.75, 3.05) is 55.7 Å². The lowest BCUT2D eigenvalue weighted by Gasteiger charge is -2.48. The molecule has 1 amide bonds. The van der Waals surface area contributed by atoms with Crippen LogP contribution < -0.4 is 19.9 Å². The molecule has 4 fully saturated rings. The van der Waals surface area contributed by atoms with Crippen molar-refractivity contribution in [1.82, 2.24) is 20.2 Å². The molecule has 1 spiro atoms. The number of ether oxygens (including phenoxy) is 1. The molecular formula is C32H35ClF2N6O3. The largest absolute Gasteiger partial charge is 0.508 e. The molecule has 232 valence electrons. The summed E-state index contributed by atoms with van der Waals surface area (Å²) in [4.78, 5) is 28.9. The van der Waals surface area contributed by atoms with E-state index in [1.165, 1.54) is 6.07 Å². The van der Waals surface area contributed by atoms with Gasteiger partial charge in [0, 0.05) is 56.2 Å². The van der Waals surface area contributed by atoms with E-state index in [-0.39, 0.29) is 28.2 Å². The highest BCUT2D eigenvalue weighted by Crippen LogP contribution is 2.43. The molecule has 9 nitrogen and oxygen atoms in total. The van der Waals surface area contributed by atoms with Crippen LogP contribution in [0.4, 0.5) is 20.3 Å². The number of benzene rings is 2. The number of carbonyl (C=O) groups is 1. The number of halogens is 3. The molecule has 6 heterocycles. The van der Waals surface area contributed by atoms with Crippen molar-refractivity contribution in [3.05, 3.63) is 46.4 Å². The predicted octanol–water partition coefficient (Wildman–Crippen LogP) is 4.36. The molecule has 0 bridgehead atoms. The Labute approximate surface area is 259 Å². The first kappa shape index (κ1) is 28.1. The molecule has 2 aromatic carbocycles. The van der Waals surface area contributed by atoms with E-state index in [0.29, 0.717) is 68.6 Å². The van der Waals surface area contributed by atoms with Crippen molar-refractivity contribution in [3.8, 4) is 11.8 Å². The number of carbonyl (C=O) groups excluding carboxylic acids is 1. The van der Waals surface area contributed by atoms with Gasteiger partial charge in [-0.15, -0.1) is 0 Å². The van der Waals surface area contributed by atoms with Crippen LogP contribution in [0, 0.1) is 11.2 Å². The van der Waals surface area contributed by atoms with Crippen molar-refractivity contribution in [2.24, 2.45) is 5.41 Å². The minimum absolute atomic E-state index is 0.0104. The Bertz CT molecular complexity index is 1680. The lowest BCUT2D eigenvalue weighted by molar-refractivity contribution is -0.140. The van der Waals surface area contributed by atoms with Gasteiger partial charge in [0.25, 0.3) is 0 Å². The quantitative estimate of drug-likeness (QED) is 0.405. The number of fused-ring (bicyclic) bond motifs is 3. The van der Waals surface area contributed by atoms with E-state index in [2.05, 4.69) is 20.0 Å². The summed E-state index contributed by atoms with van der Waals surface area (Å²) in [6, 6.07) is 6.35. The monoisotopic (exact) mass is 624 g/mol. The Balaban J connectivity index is 1.16. The molecule has 3 aromatic rings. The minimum Gasteiger partial charge on any atom is -0.508 e. The summed E-state index contributed by atoms with van der Waals surface area (Å²) < 4.78 is 35.4. The molecule has 0 saturated carbocycles. The maximum Gasteiger partial charge on any atom is 0.318 e. The Morgan fingerprint density at radius 1 is 1.14 bits per heavy atom. The van der Waals surface area contributed by atoms with Crippen LogP contribution >= 0.6 is 11.6 Å². The van der Waals surface area contributed by atoms with Gasteiger partial charge in [0.1, 0.15) is 30.2 Å². The second-order valence-electron chi connectivity index (χ2n) is 13.2. The summed E-state index contributed by atoms with van der Waals surface area (Å²) >= 11 is 6.47. The SMILES string of the molecule is O=C1NCC12CCCN(c1nc(OCC34CCCN3CC(F)C4)nc3c1CCN(c1cc(O)cc4ccc(F)c(Cl)c14)C3)C2. The van der Waals surface area contributed by atoms with Gasteiger partial charge in [0.15, 0.2) is 0 Å². The molecular weight excluding hydrogens is 590 g/mol. The van der Waals surface area contributed by atoms with Crippen LogP contribution in [-0.4, -0.2) is 83.5 Å². The highest BCUT2D eigenvalue weighted by molar-refractivity contribution is 6.37.